The van der Waals surface area contributed by atoms with E-state index in [0.29, 0.717) is 13.0 Å². The molecular formula is C24H30N6O3. The molecule has 3 N–H and O–H groups in total. The van der Waals surface area contributed by atoms with Gasteiger partial charge in [0, 0.05) is 23.7 Å². The summed E-state index contributed by atoms with van der Waals surface area (Å²) in [6.07, 6.45) is 8.38. The lowest BCUT2D eigenvalue weighted by Gasteiger charge is -2.23. The number of carbonyl (C=O) groups excluding carboxylic acids is 2. The quantitative estimate of drug-likeness (QED) is 0.279. The fourth-order valence-corrected chi connectivity index (χ4v) is 4.57. The standard InChI is InChI=1S/C24H30N6O3/c1-16-12-17-13-19(9-10-21(17)33-16)28-24(26-15-25)29-20-8-4-5-11-30(23(20)32)14-22(31)27-18-6-2-3-7-18/h9-10,12-13,18,20H,2-8,11,14H2,1H3,(H,27,31)(H2,26,28,29)/t20-/m0/s1. The Labute approximate surface area is 193 Å². The molecule has 2 aromatic rings. The molecule has 0 spiro atoms. The monoisotopic (exact) mass is 450 g/mol. The number of nitrogens with zero attached hydrogens (tertiary/aromatic N) is 3. The molecule has 1 aromatic heterocycles. The van der Waals surface area contributed by atoms with Gasteiger partial charge in [0.2, 0.25) is 17.8 Å². The highest BCUT2D eigenvalue weighted by molar-refractivity contribution is 5.98. The number of anilines is 1. The van der Waals surface area contributed by atoms with Gasteiger partial charge in [-0.2, -0.15) is 5.26 Å². The number of guanidine groups is 1. The summed E-state index contributed by atoms with van der Waals surface area (Å²) in [5.74, 6) is 0.714. The van der Waals surface area contributed by atoms with Crippen LogP contribution in [0.15, 0.2) is 33.7 Å². The molecule has 4 rings (SSSR count). The predicted molar refractivity (Wildman–Crippen MR) is 125 cm³/mol. The molecule has 1 aliphatic carbocycles. The molecule has 2 amide bonds. The van der Waals surface area contributed by atoms with E-state index in [1.165, 1.54) is 0 Å². The lowest BCUT2D eigenvalue weighted by atomic mass is 10.1. The lowest BCUT2D eigenvalue weighted by molar-refractivity contribution is -0.136. The Bertz CT molecular complexity index is 1080. The van der Waals surface area contributed by atoms with Crippen molar-refractivity contribution in [2.45, 2.75) is 64.0 Å². The van der Waals surface area contributed by atoms with Crippen LogP contribution in [0.3, 0.4) is 0 Å². The number of nitrogens with one attached hydrogen (secondary N) is 3. The SMILES string of the molecule is Cc1cc2cc(NC(=N[C@H]3CCCCN(CC(=O)NC4CCCC4)C3=O)NC#N)ccc2o1. The van der Waals surface area contributed by atoms with Gasteiger partial charge in [0.1, 0.15) is 17.4 Å². The minimum absolute atomic E-state index is 0.0479. The normalized spacial score (nSPS) is 19.9. The third kappa shape index (κ3) is 5.83. The second-order valence-corrected chi connectivity index (χ2v) is 8.77. The summed E-state index contributed by atoms with van der Waals surface area (Å²) < 4.78 is 5.60. The van der Waals surface area contributed by atoms with Gasteiger partial charge in [0.25, 0.3) is 0 Å². The van der Waals surface area contributed by atoms with Crippen LogP contribution in [0.1, 0.15) is 50.7 Å². The summed E-state index contributed by atoms with van der Waals surface area (Å²) in [5.41, 5.74) is 1.49. The minimum Gasteiger partial charge on any atom is -0.461 e. The smallest absolute Gasteiger partial charge is 0.247 e. The predicted octanol–water partition coefficient (Wildman–Crippen LogP) is 3.02. The summed E-state index contributed by atoms with van der Waals surface area (Å²) in [5, 5.41) is 18.8. The average molecular weight is 451 g/mol. The van der Waals surface area contributed by atoms with Crippen LogP contribution in [0, 0.1) is 18.4 Å². The van der Waals surface area contributed by atoms with Crippen LogP contribution in [0.4, 0.5) is 5.69 Å². The largest absolute Gasteiger partial charge is 0.461 e. The van der Waals surface area contributed by atoms with Crippen molar-refractivity contribution < 1.29 is 14.0 Å². The van der Waals surface area contributed by atoms with Gasteiger partial charge in [-0.3, -0.25) is 14.9 Å². The highest BCUT2D eigenvalue weighted by atomic mass is 16.3. The second-order valence-electron chi connectivity index (χ2n) is 8.77. The van der Waals surface area contributed by atoms with Gasteiger partial charge in [0.15, 0.2) is 6.19 Å². The molecule has 2 heterocycles. The van der Waals surface area contributed by atoms with Gasteiger partial charge in [-0.05, 0) is 63.3 Å². The first-order valence-electron chi connectivity index (χ1n) is 11.6. The number of rotatable bonds is 5. The number of aliphatic imine (C=N–C) groups is 1. The van der Waals surface area contributed by atoms with E-state index >= 15 is 0 Å². The lowest BCUT2D eigenvalue weighted by Crippen LogP contribution is -2.46. The molecule has 174 valence electrons. The van der Waals surface area contributed by atoms with E-state index in [9.17, 15) is 14.9 Å². The van der Waals surface area contributed by atoms with Crippen molar-refractivity contribution >= 4 is 34.4 Å². The van der Waals surface area contributed by atoms with Gasteiger partial charge < -0.3 is 20.0 Å². The molecule has 1 aliphatic heterocycles. The van der Waals surface area contributed by atoms with Crippen molar-refractivity contribution in [1.82, 2.24) is 15.5 Å². The van der Waals surface area contributed by atoms with Crippen LogP contribution in [0.25, 0.3) is 11.0 Å². The summed E-state index contributed by atoms with van der Waals surface area (Å²) in [4.78, 5) is 31.8. The van der Waals surface area contributed by atoms with Crippen LogP contribution < -0.4 is 16.0 Å². The van der Waals surface area contributed by atoms with Crippen LogP contribution in [-0.4, -0.2) is 47.8 Å². The van der Waals surface area contributed by atoms with E-state index in [2.05, 4.69) is 20.9 Å². The maximum absolute atomic E-state index is 13.2. The van der Waals surface area contributed by atoms with Crippen LogP contribution in [0.2, 0.25) is 0 Å². The Morgan fingerprint density at radius 2 is 2.00 bits per heavy atom. The number of hydrogen-bond acceptors (Lipinski definition) is 5. The molecule has 1 aromatic carbocycles. The number of furan rings is 1. The number of hydrogen-bond donors (Lipinski definition) is 3. The molecule has 1 saturated carbocycles. The van der Waals surface area contributed by atoms with Gasteiger partial charge in [-0.1, -0.05) is 12.8 Å². The fourth-order valence-electron chi connectivity index (χ4n) is 4.57. The molecule has 2 aliphatic rings. The van der Waals surface area contributed by atoms with E-state index < -0.39 is 6.04 Å². The summed E-state index contributed by atoms with van der Waals surface area (Å²) in [6.45, 7) is 2.47. The third-order valence-electron chi connectivity index (χ3n) is 6.17. The maximum atomic E-state index is 13.2. The number of aryl methyl sites for hydroxylation is 1. The molecule has 2 fully saturated rings. The van der Waals surface area contributed by atoms with E-state index in [1.54, 1.807) is 4.90 Å². The van der Waals surface area contributed by atoms with Gasteiger partial charge in [-0.25, -0.2) is 4.99 Å². The molecule has 0 radical (unpaired) electrons. The van der Waals surface area contributed by atoms with Crippen molar-refractivity contribution in [2.24, 2.45) is 4.99 Å². The summed E-state index contributed by atoms with van der Waals surface area (Å²) in [7, 11) is 0. The number of benzene rings is 1. The van der Waals surface area contributed by atoms with Crippen molar-refractivity contribution in [1.29, 1.82) is 5.26 Å². The number of likely N-dealkylation sites (tertiary alicyclic amines) is 1. The number of nitriles is 1. The Hall–Kier alpha value is -3.54. The highest BCUT2D eigenvalue weighted by Gasteiger charge is 2.29. The van der Waals surface area contributed by atoms with E-state index in [-0.39, 0.29) is 30.4 Å². The van der Waals surface area contributed by atoms with Gasteiger partial charge in [0.05, 0.1) is 6.54 Å². The molecular weight excluding hydrogens is 420 g/mol. The van der Waals surface area contributed by atoms with Gasteiger partial charge >= 0.3 is 0 Å². The Morgan fingerprint density at radius 3 is 2.79 bits per heavy atom. The number of amides is 2. The van der Waals surface area contributed by atoms with E-state index in [0.717, 1.165) is 60.9 Å². The first kappa shape index (κ1) is 22.6. The molecule has 33 heavy (non-hydrogen) atoms. The van der Waals surface area contributed by atoms with Crippen molar-refractivity contribution in [3.8, 4) is 6.19 Å². The van der Waals surface area contributed by atoms with Crippen molar-refractivity contribution in [2.75, 3.05) is 18.4 Å². The molecule has 1 atom stereocenters. The Morgan fingerprint density at radius 1 is 1.21 bits per heavy atom. The first-order valence-corrected chi connectivity index (χ1v) is 11.6. The molecule has 0 unspecified atom stereocenters. The maximum Gasteiger partial charge on any atom is 0.247 e. The highest BCUT2D eigenvalue weighted by Crippen LogP contribution is 2.23. The molecule has 0 bridgehead atoms. The zero-order valence-corrected chi connectivity index (χ0v) is 18.9. The molecule has 1 saturated heterocycles. The fraction of sp³-hybridized carbons (Fsp3) is 0.500. The van der Waals surface area contributed by atoms with Crippen LogP contribution in [0.5, 0.6) is 0 Å². The second kappa shape index (κ2) is 10.4. The molecule has 9 heteroatoms. The average Bonchev–Trinajstić information content (AvgIpc) is 3.38. The number of carbonyl (C=O) groups is 2. The zero-order chi connectivity index (χ0) is 23.2. The molecule has 9 nitrogen and oxygen atoms in total. The first-order chi connectivity index (χ1) is 16.0. The van der Waals surface area contributed by atoms with Gasteiger partial charge in [-0.15, -0.1) is 0 Å². The number of fused-ring (bicyclic) bond motifs is 1. The topological polar surface area (TPSA) is 123 Å². The zero-order valence-electron chi connectivity index (χ0n) is 18.9. The summed E-state index contributed by atoms with van der Waals surface area (Å²) >= 11 is 0. The van der Waals surface area contributed by atoms with Crippen LogP contribution in [-0.2, 0) is 9.59 Å². The van der Waals surface area contributed by atoms with Crippen molar-refractivity contribution in [3.05, 3.63) is 30.0 Å². The Kier molecular flexibility index (Phi) is 7.13. The minimum atomic E-state index is -0.657. The Balaban J connectivity index is 1.46. The van der Waals surface area contributed by atoms with E-state index in [4.69, 9.17) is 4.42 Å². The third-order valence-corrected chi connectivity index (χ3v) is 6.17. The van der Waals surface area contributed by atoms with Crippen LogP contribution >= 0.6 is 0 Å². The van der Waals surface area contributed by atoms with E-state index in [1.807, 2.05) is 37.4 Å². The van der Waals surface area contributed by atoms with Crippen molar-refractivity contribution in [3.63, 3.8) is 0 Å². The summed E-state index contributed by atoms with van der Waals surface area (Å²) in [6, 6.07) is 7.06.